The molecule has 1 saturated heterocycles. The molecule has 1 aromatic heterocycles. The zero-order valence-electron chi connectivity index (χ0n) is 17.9. The van der Waals surface area contributed by atoms with Crippen molar-refractivity contribution in [3.05, 3.63) is 54.4 Å². The minimum Gasteiger partial charge on any atom is -0.497 e. The van der Waals surface area contributed by atoms with E-state index in [9.17, 15) is 18.3 Å². The number of nitrogens with zero attached hydrogens (tertiary/aromatic N) is 1. The van der Waals surface area contributed by atoms with Crippen molar-refractivity contribution in [3.63, 3.8) is 0 Å². The summed E-state index contributed by atoms with van der Waals surface area (Å²) >= 11 is 0. The maximum atomic E-state index is 12.7. The summed E-state index contributed by atoms with van der Waals surface area (Å²) in [6.07, 6.45) is 4.13. The van der Waals surface area contributed by atoms with Crippen LogP contribution in [-0.2, 0) is 26.0 Å². The number of ether oxygens (including phenoxy) is 2. The van der Waals surface area contributed by atoms with Crippen molar-refractivity contribution in [1.29, 1.82) is 0 Å². The number of aliphatic hydroxyl groups is 1. The van der Waals surface area contributed by atoms with Gasteiger partial charge in [-0.1, -0.05) is 0 Å². The van der Waals surface area contributed by atoms with E-state index in [1.807, 2.05) is 12.1 Å². The predicted molar refractivity (Wildman–Crippen MR) is 118 cm³/mol. The summed E-state index contributed by atoms with van der Waals surface area (Å²) in [5, 5.41) is 12.6. The molecule has 10 heteroatoms. The van der Waals surface area contributed by atoms with Crippen LogP contribution in [0.2, 0.25) is 0 Å². The predicted octanol–water partition coefficient (Wildman–Crippen LogP) is 1.03. The third-order valence-electron chi connectivity index (χ3n) is 5.37. The topological polar surface area (TPSA) is 127 Å². The van der Waals surface area contributed by atoms with Crippen LogP contribution >= 0.6 is 0 Å². The number of amides is 1. The van der Waals surface area contributed by atoms with E-state index in [0.29, 0.717) is 31.6 Å². The first-order chi connectivity index (χ1) is 15.4. The summed E-state index contributed by atoms with van der Waals surface area (Å²) < 4.78 is 38.9. The van der Waals surface area contributed by atoms with Crippen LogP contribution in [0.15, 0.2) is 53.7 Å². The van der Waals surface area contributed by atoms with Crippen molar-refractivity contribution in [2.75, 3.05) is 20.3 Å². The Morgan fingerprint density at radius 1 is 1.19 bits per heavy atom. The highest BCUT2D eigenvalue weighted by atomic mass is 32.2. The molecule has 1 amide bonds. The lowest BCUT2D eigenvalue weighted by Crippen LogP contribution is -2.51. The lowest BCUT2D eigenvalue weighted by molar-refractivity contribution is -0.130. The van der Waals surface area contributed by atoms with Crippen molar-refractivity contribution in [2.24, 2.45) is 0 Å². The largest absolute Gasteiger partial charge is 0.497 e. The van der Waals surface area contributed by atoms with Gasteiger partial charge in [0.15, 0.2) is 0 Å². The van der Waals surface area contributed by atoms with E-state index < -0.39 is 22.2 Å². The average molecular weight is 464 g/mol. The Hall–Kier alpha value is -2.53. The van der Waals surface area contributed by atoms with Gasteiger partial charge in [0.2, 0.25) is 15.9 Å². The van der Waals surface area contributed by atoms with Crippen LogP contribution in [0.4, 0.5) is 0 Å². The summed E-state index contributed by atoms with van der Waals surface area (Å²) in [6.45, 7) is 0.152. The van der Waals surface area contributed by atoms with Gasteiger partial charge < -0.3 is 19.9 Å². The molecule has 1 aromatic carbocycles. The van der Waals surface area contributed by atoms with Gasteiger partial charge in [0, 0.05) is 18.9 Å². The molecular weight excluding hydrogens is 434 g/mol. The molecule has 0 bridgehead atoms. The summed E-state index contributed by atoms with van der Waals surface area (Å²) in [5.74, 6) is 0.415. The van der Waals surface area contributed by atoms with Gasteiger partial charge >= 0.3 is 0 Å². The van der Waals surface area contributed by atoms with Crippen LogP contribution in [0.25, 0.3) is 0 Å². The van der Waals surface area contributed by atoms with Gasteiger partial charge in [-0.25, -0.2) is 13.1 Å². The van der Waals surface area contributed by atoms with Crippen molar-refractivity contribution < 1.29 is 27.8 Å². The summed E-state index contributed by atoms with van der Waals surface area (Å²) in [5.41, 5.74) is 1.08. The highest BCUT2D eigenvalue weighted by Gasteiger charge is 2.34. The quantitative estimate of drug-likeness (QED) is 0.480. The number of methoxy groups -OCH3 is 1. The molecule has 32 heavy (non-hydrogen) atoms. The fraction of sp³-hybridized carbons (Fsp3) is 0.455. The molecule has 3 rings (SSSR count). The van der Waals surface area contributed by atoms with E-state index in [-0.39, 0.29) is 29.9 Å². The molecule has 1 aliphatic rings. The number of hydrogen-bond donors (Lipinski definition) is 3. The molecule has 0 aliphatic carbocycles. The second-order valence-corrected chi connectivity index (χ2v) is 9.33. The van der Waals surface area contributed by atoms with E-state index in [0.717, 1.165) is 5.56 Å². The number of hydrogen-bond acceptors (Lipinski definition) is 7. The Kier molecular flexibility index (Phi) is 8.57. The Morgan fingerprint density at radius 3 is 2.56 bits per heavy atom. The van der Waals surface area contributed by atoms with Crippen LogP contribution in [-0.4, -0.2) is 62.9 Å². The third kappa shape index (κ3) is 6.73. The number of nitrogens with one attached hydrogen (secondary N) is 2. The normalized spacial score (nSPS) is 21.1. The van der Waals surface area contributed by atoms with E-state index in [1.165, 1.54) is 19.2 Å². The van der Waals surface area contributed by atoms with Gasteiger partial charge in [-0.2, -0.15) is 0 Å². The molecule has 1 fully saturated rings. The highest BCUT2D eigenvalue weighted by molar-refractivity contribution is 7.89. The summed E-state index contributed by atoms with van der Waals surface area (Å²) in [7, 11) is -2.28. The monoisotopic (exact) mass is 463 g/mol. The van der Waals surface area contributed by atoms with E-state index in [1.54, 1.807) is 24.5 Å². The van der Waals surface area contributed by atoms with Gasteiger partial charge in [0.1, 0.15) is 5.75 Å². The number of rotatable bonds is 10. The van der Waals surface area contributed by atoms with Gasteiger partial charge in [0.05, 0.1) is 43.3 Å². The Labute approximate surface area is 188 Å². The maximum absolute atomic E-state index is 12.7. The SMILES string of the molecule is COc1ccc(S(=O)(=O)N[C@H]2CC[C@H](CC(=O)NCCc3ccncc3)O[C@H]2CO)cc1. The zero-order chi connectivity index (χ0) is 23.0. The molecule has 3 N–H and O–H groups in total. The molecule has 174 valence electrons. The first-order valence-corrected chi connectivity index (χ1v) is 12.0. The number of carbonyl (C=O) groups excluding carboxylic acids is 1. The highest BCUT2D eigenvalue weighted by Crippen LogP contribution is 2.24. The Bertz CT molecular complexity index is 969. The lowest BCUT2D eigenvalue weighted by atomic mass is 9.98. The van der Waals surface area contributed by atoms with Crippen LogP contribution < -0.4 is 14.8 Å². The second kappa shape index (κ2) is 11.4. The van der Waals surface area contributed by atoms with Crippen LogP contribution in [0.1, 0.15) is 24.8 Å². The van der Waals surface area contributed by atoms with Crippen LogP contribution in [0.5, 0.6) is 5.75 Å². The third-order valence-corrected chi connectivity index (χ3v) is 6.88. The molecule has 3 atom stereocenters. The van der Waals surface area contributed by atoms with Crippen molar-refractivity contribution in [3.8, 4) is 5.75 Å². The van der Waals surface area contributed by atoms with Crippen LogP contribution in [0, 0.1) is 0 Å². The number of aliphatic hydroxyl groups excluding tert-OH is 1. The molecule has 2 heterocycles. The number of benzene rings is 1. The molecule has 0 radical (unpaired) electrons. The molecule has 0 unspecified atom stereocenters. The minimum absolute atomic E-state index is 0.102. The molecular formula is C22H29N3O6S. The first-order valence-electron chi connectivity index (χ1n) is 10.5. The lowest BCUT2D eigenvalue weighted by Gasteiger charge is -2.35. The number of carbonyl (C=O) groups is 1. The average Bonchev–Trinajstić information content (AvgIpc) is 2.80. The first kappa shape index (κ1) is 24.1. The molecule has 9 nitrogen and oxygen atoms in total. The van der Waals surface area contributed by atoms with Gasteiger partial charge in [-0.15, -0.1) is 0 Å². The number of aromatic nitrogens is 1. The summed E-state index contributed by atoms with van der Waals surface area (Å²) in [4.78, 5) is 16.3. The second-order valence-electron chi connectivity index (χ2n) is 7.62. The molecule has 1 aliphatic heterocycles. The number of pyridine rings is 1. The Balaban J connectivity index is 1.48. The smallest absolute Gasteiger partial charge is 0.240 e. The van der Waals surface area contributed by atoms with Gasteiger partial charge in [0.25, 0.3) is 0 Å². The van der Waals surface area contributed by atoms with Gasteiger partial charge in [-0.3, -0.25) is 9.78 Å². The van der Waals surface area contributed by atoms with E-state index in [2.05, 4.69) is 15.0 Å². The van der Waals surface area contributed by atoms with Crippen molar-refractivity contribution in [1.82, 2.24) is 15.0 Å². The summed E-state index contributed by atoms with van der Waals surface area (Å²) in [6, 6.07) is 9.26. The standard InChI is InChI=1S/C22H29N3O6S/c1-30-17-2-5-19(6-3-17)32(28,29)25-20-7-4-18(31-21(20)15-26)14-22(27)24-13-10-16-8-11-23-12-9-16/h2-3,5-6,8-9,11-12,18,20-21,25-26H,4,7,10,13-15H2,1H3,(H,24,27)/t18-,20+,21+/m1/s1. The Morgan fingerprint density at radius 2 is 1.91 bits per heavy atom. The number of sulfonamides is 1. The van der Waals surface area contributed by atoms with Crippen molar-refractivity contribution >= 4 is 15.9 Å². The fourth-order valence-corrected chi connectivity index (χ4v) is 4.91. The molecule has 0 saturated carbocycles. The van der Waals surface area contributed by atoms with E-state index >= 15 is 0 Å². The van der Waals surface area contributed by atoms with Crippen LogP contribution in [0.3, 0.4) is 0 Å². The molecule has 0 spiro atoms. The van der Waals surface area contributed by atoms with Gasteiger partial charge in [-0.05, 0) is 61.2 Å². The van der Waals surface area contributed by atoms with Crippen molar-refractivity contribution in [2.45, 2.75) is 48.8 Å². The maximum Gasteiger partial charge on any atom is 0.240 e. The molecule has 2 aromatic rings. The zero-order valence-corrected chi connectivity index (χ0v) is 18.8. The van der Waals surface area contributed by atoms with E-state index in [4.69, 9.17) is 9.47 Å². The minimum atomic E-state index is -3.79. The fourth-order valence-electron chi connectivity index (χ4n) is 3.61.